The summed E-state index contributed by atoms with van der Waals surface area (Å²) in [7, 11) is 0. The smallest absolute Gasteiger partial charge is 0.0913 e. The van der Waals surface area contributed by atoms with Crippen LogP contribution >= 0.6 is 11.8 Å². The third-order valence-corrected chi connectivity index (χ3v) is 3.20. The first-order chi connectivity index (χ1) is 7.09. The van der Waals surface area contributed by atoms with E-state index >= 15 is 0 Å². The van der Waals surface area contributed by atoms with Crippen LogP contribution in [0.1, 0.15) is 31.7 Å². The Labute approximate surface area is 95.8 Å². The number of thioether (sulfide) groups is 1. The molecule has 0 atom stereocenters. The molecule has 1 rings (SSSR count). The van der Waals surface area contributed by atoms with Crippen molar-refractivity contribution in [3.63, 3.8) is 0 Å². The molecule has 0 fully saturated rings. The van der Waals surface area contributed by atoms with Crippen LogP contribution in [0.2, 0.25) is 0 Å². The zero-order valence-electron chi connectivity index (χ0n) is 9.29. The molecule has 0 saturated carbocycles. The average Bonchev–Trinajstić information content (AvgIpc) is 2.18. The average molecular weight is 222 g/mol. The highest BCUT2D eigenvalue weighted by molar-refractivity contribution is 7.99. The lowest BCUT2D eigenvalue weighted by Gasteiger charge is -2.06. The van der Waals surface area contributed by atoms with Crippen molar-refractivity contribution in [3.8, 4) is 0 Å². The summed E-state index contributed by atoms with van der Waals surface area (Å²) in [6, 6.07) is 8.61. The normalized spacial score (nSPS) is 10.6. The monoisotopic (exact) mass is 222 g/mol. The van der Waals surface area contributed by atoms with E-state index in [1.807, 2.05) is 0 Å². The molecule has 0 heterocycles. The highest BCUT2D eigenvalue weighted by atomic mass is 32.2. The maximum atomic E-state index is 7.11. The number of nitrogens with one attached hydrogen (secondary N) is 1. The summed E-state index contributed by atoms with van der Waals surface area (Å²) in [5.74, 6) is 1.73. The largest absolute Gasteiger partial charge is 0.388 e. The van der Waals surface area contributed by atoms with Gasteiger partial charge < -0.3 is 5.73 Å². The molecule has 0 radical (unpaired) electrons. The Morgan fingerprint density at radius 3 is 2.40 bits per heavy atom. The molecule has 0 aromatic heterocycles. The Balaban J connectivity index is 2.46. The second-order valence-corrected chi connectivity index (χ2v) is 5.02. The summed E-state index contributed by atoms with van der Waals surface area (Å²) in [6.45, 7) is 4.38. The van der Waals surface area contributed by atoms with E-state index in [1.165, 1.54) is 10.5 Å². The zero-order valence-corrected chi connectivity index (χ0v) is 10.1. The Kier molecular flexibility index (Phi) is 4.69. The number of benzene rings is 1. The second-order valence-electron chi connectivity index (χ2n) is 3.85. The van der Waals surface area contributed by atoms with E-state index in [9.17, 15) is 0 Å². The lowest BCUT2D eigenvalue weighted by molar-refractivity contribution is 0.865. The number of amidine groups is 1. The van der Waals surface area contributed by atoms with E-state index in [0.29, 0.717) is 12.3 Å². The minimum atomic E-state index is 0.265. The quantitative estimate of drug-likeness (QED) is 0.456. The van der Waals surface area contributed by atoms with Crippen molar-refractivity contribution in [2.45, 2.75) is 31.1 Å². The van der Waals surface area contributed by atoms with Gasteiger partial charge in [-0.3, -0.25) is 5.41 Å². The predicted molar refractivity (Wildman–Crippen MR) is 67.8 cm³/mol. The van der Waals surface area contributed by atoms with Gasteiger partial charge in [-0.05, 0) is 23.6 Å². The predicted octanol–water partition coefficient (Wildman–Crippen LogP) is 3.23. The Bertz CT molecular complexity index is 317. The number of hydrogen-bond acceptors (Lipinski definition) is 2. The topological polar surface area (TPSA) is 49.9 Å². The van der Waals surface area contributed by atoms with E-state index in [2.05, 4.69) is 38.1 Å². The SMILES string of the molecule is CC(C)c1ccc(SCCC(=N)N)cc1. The van der Waals surface area contributed by atoms with Crippen LogP contribution in [0.25, 0.3) is 0 Å². The molecule has 0 aliphatic rings. The summed E-state index contributed by atoms with van der Waals surface area (Å²) >= 11 is 1.75. The van der Waals surface area contributed by atoms with Crippen molar-refractivity contribution in [2.24, 2.45) is 5.73 Å². The maximum Gasteiger partial charge on any atom is 0.0913 e. The van der Waals surface area contributed by atoms with E-state index in [4.69, 9.17) is 11.1 Å². The van der Waals surface area contributed by atoms with Crippen LogP contribution in [0.3, 0.4) is 0 Å². The third kappa shape index (κ3) is 4.38. The number of nitrogens with two attached hydrogens (primary N) is 1. The molecule has 1 aromatic carbocycles. The lowest BCUT2D eigenvalue weighted by atomic mass is 10.0. The molecule has 82 valence electrons. The van der Waals surface area contributed by atoms with Gasteiger partial charge in [0.15, 0.2) is 0 Å². The van der Waals surface area contributed by atoms with Crippen molar-refractivity contribution in [2.75, 3.05) is 5.75 Å². The van der Waals surface area contributed by atoms with Gasteiger partial charge in [0.25, 0.3) is 0 Å². The summed E-state index contributed by atoms with van der Waals surface area (Å²) < 4.78 is 0. The van der Waals surface area contributed by atoms with Crippen LogP contribution in [0.5, 0.6) is 0 Å². The fraction of sp³-hybridized carbons (Fsp3) is 0.417. The van der Waals surface area contributed by atoms with Crippen molar-refractivity contribution >= 4 is 17.6 Å². The molecule has 0 saturated heterocycles. The minimum absolute atomic E-state index is 0.265. The molecule has 2 nitrogen and oxygen atoms in total. The van der Waals surface area contributed by atoms with Gasteiger partial charge in [-0.15, -0.1) is 11.8 Å². The van der Waals surface area contributed by atoms with Gasteiger partial charge in [0, 0.05) is 17.1 Å². The molecular formula is C12H18N2S. The van der Waals surface area contributed by atoms with Crippen LogP contribution in [-0.4, -0.2) is 11.6 Å². The Morgan fingerprint density at radius 1 is 1.33 bits per heavy atom. The minimum Gasteiger partial charge on any atom is -0.388 e. The lowest BCUT2D eigenvalue weighted by Crippen LogP contribution is -2.09. The van der Waals surface area contributed by atoms with Crippen molar-refractivity contribution < 1.29 is 0 Å². The van der Waals surface area contributed by atoms with Gasteiger partial charge in [-0.2, -0.15) is 0 Å². The molecule has 15 heavy (non-hydrogen) atoms. The molecule has 0 unspecified atom stereocenters. The molecule has 0 amide bonds. The van der Waals surface area contributed by atoms with Crippen LogP contribution in [-0.2, 0) is 0 Å². The maximum absolute atomic E-state index is 7.11. The highest BCUT2D eigenvalue weighted by Crippen LogP contribution is 2.22. The molecule has 0 aliphatic heterocycles. The van der Waals surface area contributed by atoms with Gasteiger partial charge in [0.2, 0.25) is 0 Å². The van der Waals surface area contributed by atoms with Gasteiger partial charge in [0.05, 0.1) is 5.84 Å². The van der Waals surface area contributed by atoms with Gasteiger partial charge in [-0.1, -0.05) is 26.0 Å². The first-order valence-corrected chi connectivity index (χ1v) is 6.14. The molecule has 3 N–H and O–H groups in total. The molecule has 0 bridgehead atoms. The Morgan fingerprint density at radius 2 is 1.93 bits per heavy atom. The first kappa shape index (κ1) is 12.1. The summed E-state index contributed by atoms with van der Waals surface area (Å²) in [5, 5.41) is 7.11. The van der Waals surface area contributed by atoms with Gasteiger partial charge in [-0.25, -0.2) is 0 Å². The van der Waals surface area contributed by atoms with E-state index in [1.54, 1.807) is 11.8 Å². The standard InChI is InChI=1S/C12H18N2S/c1-9(2)10-3-5-11(6-4-10)15-8-7-12(13)14/h3-6,9H,7-8H2,1-2H3,(H3,13,14). The fourth-order valence-corrected chi connectivity index (χ4v) is 2.11. The Hall–Kier alpha value is -0.960. The van der Waals surface area contributed by atoms with E-state index < -0.39 is 0 Å². The van der Waals surface area contributed by atoms with E-state index in [-0.39, 0.29) is 5.84 Å². The fourth-order valence-electron chi connectivity index (χ4n) is 1.23. The van der Waals surface area contributed by atoms with Crippen LogP contribution in [0.15, 0.2) is 29.2 Å². The van der Waals surface area contributed by atoms with Gasteiger partial charge >= 0.3 is 0 Å². The van der Waals surface area contributed by atoms with Crippen molar-refractivity contribution in [1.82, 2.24) is 0 Å². The second kappa shape index (κ2) is 5.81. The molecule has 0 spiro atoms. The zero-order chi connectivity index (χ0) is 11.3. The van der Waals surface area contributed by atoms with Crippen molar-refractivity contribution in [3.05, 3.63) is 29.8 Å². The number of hydrogen-bond donors (Lipinski definition) is 2. The number of rotatable bonds is 5. The summed E-state index contributed by atoms with van der Waals surface area (Å²) in [4.78, 5) is 1.25. The first-order valence-electron chi connectivity index (χ1n) is 5.15. The van der Waals surface area contributed by atoms with Crippen LogP contribution in [0.4, 0.5) is 0 Å². The van der Waals surface area contributed by atoms with Crippen molar-refractivity contribution in [1.29, 1.82) is 5.41 Å². The van der Waals surface area contributed by atoms with Crippen LogP contribution in [0, 0.1) is 5.41 Å². The highest BCUT2D eigenvalue weighted by Gasteiger charge is 1.99. The van der Waals surface area contributed by atoms with Gasteiger partial charge in [0.1, 0.15) is 0 Å². The molecular weight excluding hydrogens is 204 g/mol. The molecule has 3 heteroatoms. The third-order valence-electron chi connectivity index (χ3n) is 2.19. The molecule has 0 aliphatic carbocycles. The molecule has 1 aromatic rings. The summed E-state index contributed by atoms with van der Waals surface area (Å²) in [5.41, 5.74) is 6.66. The van der Waals surface area contributed by atoms with Crippen LogP contribution < -0.4 is 5.73 Å². The van der Waals surface area contributed by atoms with E-state index in [0.717, 1.165) is 5.75 Å². The summed E-state index contributed by atoms with van der Waals surface area (Å²) in [6.07, 6.45) is 0.663.